The first-order valence-electron chi connectivity index (χ1n) is 8.77. The van der Waals surface area contributed by atoms with Gasteiger partial charge >= 0.3 is 0 Å². The zero-order chi connectivity index (χ0) is 18.9. The number of thiazole rings is 1. The Kier molecular flexibility index (Phi) is 4.10. The average molecular weight is 389 g/mol. The third-order valence-electron chi connectivity index (χ3n) is 4.43. The molecule has 8 heteroatoms. The van der Waals surface area contributed by atoms with Crippen LogP contribution in [0.25, 0.3) is 22.0 Å². The van der Waals surface area contributed by atoms with Gasteiger partial charge in [0.1, 0.15) is 16.5 Å². The SMILES string of the molecule is O=C(Nc1n[nH]c(-c2ccccc2)n1)c1csc(-c2ccc3c(c2)CCO3)n1. The van der Waals surface area contributed by atoms with Gasteiger partial charge in [0.15, 0.2) is 5.82 Å². The van der Waals surface area contributed by atoms with Crippen LogP contribution in [0.4, 0.5) is 5.95 Å². The van der Waals surface area contributed by atoms with Crippen LogP contribution >= 0.6 is 11.3 Å². The molecule has 0 bridgehead atoms. The van der Waals surface area contributed by atoms with E-state index in [9.17, 15) is 4.79 Å². The molecule has 0 spiro atoms. The number of aromatic nitrogens is 4. The third-order valence-corrected chi connectivity index (χ3v) is 5.32. The molecule has 1 aliphatic rings. The van der Waals surface area contributed by atoms with Crippen molar-refractivity contribution in [3.63, 3.8) is 0 Å². The number of ether oxygens (including phenoxy) is 1. The molecule has 2 aromatic carbocycles. The van der Waals surface area contributed by atoms with Gasteiger partial charge in [-0.3, -0.25) is 15.2 Å². The van der Waals surface area contributed by atoms with Gasteiger partial charge in [-0.2, -0.15) is 4.98 Å². The van der Waals surface area contributed by atoms with Gasteiger partial charge in [-0.15, -0.1) is 16.4 Å². The van der Waals surface area contributed by atoms with Crippen LogP contribution in [0.15, 0.2) is 53.9 Å². The maximum absolute atomic E-state index is 12.5. The second-order valence-electron chi connectivity index (χ2n) is 6.29. The summed E-state index contributed by atoms with van der Waals surface area (Å²) in [4.78, 5) is 21.3. The van der Waals surface area contributed by atoms with Gasteiger partial charge in [-0.1, -0.05) is 30.3 Å². The summed E-state index contributed by atoms with van der Waals surface area (Å²) in [5.41, 5.74) is 3.39. The van der Waals surface area contributed by atoms with Crippen LogP contribution in [0.1, 0.15) is 16.1 Å². The lowest BCUT2D eigenvalue weighted by molar-refractivity contribution is 0.102. The Morgan fingerprint density at radius 1 is 1.11 bits per heavy atom. The molecule has 28 heavy (non-hydrogen) atoms. The molecule has 3 heterocycles. The van der Waals surface area contributed by atoms with Crippen LogP contribution in [0.5, 0.6) is 5.75 Å². The quantitative estimate of drug-likeness (QED) is 0.554. The molecule has 0 aliphatic carbocycles. The molecule has 2 aromatic heterocycles. The average Bonchev–Trinajstić information content (AvgIpc) is 3.48. The summed E-state index contributed by atoms with van der Waals surface area (Å²) in [6.07, 6.45) is 0.899. The first-order chi connectivity index (χ1) is 13.8. The van der Waals surface area contributed by atoms with E-state index in [4.69, 9.17) is 4.74 Å². The summed E-state index contributed by atoms with van der Waals surface area (Å²) in [6.45, 7) is 0.714. The lowest BCUT2D eigenvalue weighted by Crippen LogP contribution is -2.13. The second kappa shape index (κ2) is 6.90. The fraction of sp³-hybridized carbons (Fsp3) is 0.100. The van der Waals surface area contributed by atoms with Gasteiger partial charge in [0.05, 0.1) is 6.61 Å². The van der Waals surface area contributed by atoms with Crippen molar-refractivity contribution >= 4 is 23.2 Å². The molecule has 4 aromatic rings. The predicted octanol–water partition coefficient (Wildman–Crippen LogP) is 3.78. The fourth-order valence-corrected chi connectivity index (χ4v) is 3.84. The first-order valence-corrected chi connectivity index (χ1v) is 9.65. The van der Waals surface area contributed by atoms with Crippen LogP contribution in [-0.2, 0) is 6.42 Å². The van der Waals surface area contributed by atoms with E-state index in [2.05, 4.69) is 31.5 Å². The number of hydrogen-bond acceptors (Lipinski definition) is 6. The first kappa shape index (κ1) is 16.6. The summed E-state index contributed by atoms with van der Waals surface area (Å²) in [5, 5.41) is 12.1. The van der Waals surface area contributed by atoms with Crippen molar-refractivity contribution in [3.8, 4) is 27.7 Å². The number of H-pyrrole nitrogens is 1. The zero-order valence-corrected chi connectivity index (χ0v) is 15.5. The van der Waals surface area contributed by atoms with Crippen molar-refractivity contribution in [1.82, 2.24) is 20.2 Å². The highest BCUT2D eigenvalue weighted by Crippen LogP contribution is 2.32. The minimum atomic E-state index is -0.342. The molecule has 7 nitrogen and oxygen atoms in total. The summed E-state index contributed by atoms with van der Waals surface area (Å²) < 4.78 is 5.54. The van der Waals surface area contributed by atoms with E-state index in [-0.39, 0.29) is 11.9 Å². The summed E-state index contributed by atoms with van der Waals surface area (Å²) in [6, 6.07) is 15.6. The van der Waals surface area contributed by atoms with Crippen LogP contribution in [0.3, 0.4) is 0 Å². The molecule has 5 rings (SSSR count). The van der Waals surface area contributed by atoms with Gasteiger partial charge in [-0.25, -0.2) is 4.98 Å². The number of nitrogens with zero attached hydrogens (tertiary/aromatic N) is 3. The highest BCUT2D eigenvalue weighted by Gasteiger charge is 2.17. The molecule has 0 saturated carbocycles. The number of anilines is 1. The Labute approximate surface area is 164 Å². The van der Waals surface area contributed by atoms with E-state index in [1.807, 2.05) is 42.5 Å². The third kappa shape index (κ3) is 3.14. The number of benzene rings is 2. The molecule has 1 aliphatic heterocycles. The van der Waals surface area contributed by atoms with Crippen LogP contribution in [0.2, 0.25) is 0 Å². The van der Waals surface area contributed by atoms with Gasteiger partial charge in [-0.05, 0) is 23.8 Å². The predicted molar refractivity (Wildman–Crippen MR) is 107 cm³/mol. The lowest BCUT2D eigenvalue weighted by Gasteiger charge is -2.01. The smallest absolute Gasteiger partial charge is 0.277 e. The second-order valence-corrected chi connectivity index (χ2v) is 7.14. The number of aromatic amines is 1. The maximum Gasteiger partial charge on any atom is 0.277 e. The number of carbonyl (C=O) groups excluding carboxylic acids is 1. The minimum Gasteiger partial charge on any atom is -0.493 e. The number of rotatable bonds is 4. The lowest BCUT2D eigenvalue weighted by atomic mass is 10.1. The molecular weight excluding hydrogens is 374 g/mol. The molecule has 2 N–H and O–H groups in total. The molecular formula is C20H15N5O2S. The van der Waals surface area contributed by atoms with Crippen molar-refractivity contribution < 1.29 is 9.53 Å². The van der Waals surface area contributed by atoms with Crippen molar-refractivity contribution in [2.24, 2.45) is 0 Å². The van der Waals surface area contributed by atoms with Crippen molar-refractivity contribution in [1.29, 1.82) is 0 Å². The van der Waals surface area contributed by atoms with Gasteiger partial charge < -0.3 is 4.74 Å². The van der Waals surface area contributed by atoms with E-state index in [0.29, 0.717) is 18.1 Å². The Bertz CT molecular complexity index is 1150. The monoisotopic (exact) mass is 389 g/mol. The minimum absolute atomic E-state index is 0.216. The van der Waals surface area contributed by atoms with Crippen molar-refractivity contribution in [3.05, 3.63) is 65.2 Å². The molecule has 138 valence electrons. The maximum atomic E-state index is 12.5. The Morgan fingerprint density at radius 2 is 2.00 bits per heavy atom. The van der Waals surface area contributed by atoms with E-state index in [0.717, 1.165) is 28.3 Å². The van der Waals surface area contributed by atoms with Gasteiger partial charge in [0.25, 0.3) is 5.91 Å². The molecule has 0 atom stereocenters. The molecule has 0 unspecified atom stereocenters. The number of amides is 1. The Hall–Kier alpha value is -3.52. The van der Waals surface area contributed by atoms with Gasteiger partial charge in [0, 0.05) is 22.9 Å². The van der Waals surface area contributed by atoms with E-state index < -0.39 is 0 Å². The highest BCUT2D eigenvalue weighted by molar-refractivity contribution is 7.13. The van der Waals surface area contributed by atoms with Gasteiger partial charge in [0.2, 0.25) is 5.95 Å². The number of carbonyl (C=O) groups is 1. The van der Waals surface area contributed by atoms with E-state index in [1.165, 1.54) is 16.9 Å². The zero-order valence-electron chi connectivity index (χ0n) is 14.7. The topological polar surface area (TPSA) is 92.8 Å². The summed E-state index contributed by atoms with van der Waals surface area (Å²) >= 11 is 1.43. The Morgan fingerprint density at radius 3 is 2.89 bits per heavy atom. The number of hydrogen-bond donors (Lipinski definition) is 2. The molecule has 0 saturated heterocycles. The summed E-state index contributed by atoms with van der Waals surface area (Å²) in [5.74, 6) is 1.39. The standard InChI is InChI=1S/C20H15N5O2S/c26-18(23-20-22-17(24-25-20)12-4-2-1-3-5-12)15-11-28-19(21-15)14-6-7-16-13(10-14)8-9-27-16/h1-7,10-11H,8-9H2,(H2,22,23,24,25,26). The van der Waals surface area contributed by atoms with Crippen LogP contribution in [0, 0.1) is 0 Å². The normalized spacial score (nSPS) is 12.4. The van der Waals surface area contributed by atoms with Crippen molar-refractivity contribution in [2.75, 3.05) is 11.9 Å². The largest absolute Gasteiger partial charge is 0.493 e. The number of nitrogens with one attached hydrogen (secondary N) is 2. The fourth-order valence-electron chi connectivity index (χ4n) is 3.04. The van der Waals surface area contributed by atoms with Crippen molar-refractivity contribution in [2.45, 2.75) is 6.42 Å². The molecule has 0 fully saturated rings. The van der Waals surface area contributed by atoms with Crippen LogP contribution < -0.4 is 10.1 Å². The van der Waals surface area contributed by atoms with Crippen LogP contribution in [-0.4, -0.2) is 32.7 Å². The van der Waals surface area contributed by atoms with E-state index in [1.54, 1.807) is 5.38 Å². The number of fused-ring (bicyclic) bond motifs is 1. The van der Waals surface area contributed by atoms with E-state index >= 15 is 0 Å². The molecule has 1 amide bonds. The molecule has 0 radical (unpaired) electrons. The Balaban J connectivity index is 1.32. The summed E-state index contributed by atoms with van der Waals surface area (Å²) in [7, 11) is 0. The highest BCUT2D eigenvalue weighted by atomic mass is 32.1.